The monoisotopic (exact) mass is 594 g/mol. The van der Waals surface area contributed by atoms with Crippen molar-refractivity contribution in [3.8, 4) is 0 Å². The molecule has 0 atom stereocenters. The summed E-state index contributed by atoms with van der Waals surface area (Å²) in [6.45, 7) is 11.0. The quantitative estimate of drug-likeness (QED) is 0.121. The van der Waals surface area contributed by atoms with E-state index < -0.39 is 5.97 Å². The Hall–Kier alpha value is -2.18. The molecule has 1 aromatic heterocycles. The number of carbonyl (C=O) groups excluding carboxylic acids is 2. The molecule has 0 amide bonds. The van der Waals surface area contributed by atoms with Crippen molar-refractivity contribution in [1.29, 1.82) is 0 Å². The summed E-state index contributed by atoms with van der Waals surface area (Å²) in [6.07, 6.45) is 14.2. The van der Waals surface area contributed by atoms with Gasteiger partial charge in [0, 0.05) is 42.6 Å². The summed E-state index contributed by atoms with van der Waals surface area (Å²) in [6, 6.07) is 17.1. The van der Waals surface area contributed by atoms with Gasteiger partial charge in [-0.05, 0) is 85.2 Å². The molecule has 0 aliphatic carbocycles. The molecule has 3 rings (SSSR count). The number of nitrogens with zero attached hydrogens (tertiary/aromatic N) is 1. The number of aromatic nitrogens is 1. The third kappa shape index (κ3) is 13.6. The molecular formula is C37H51N2NaO3. The van der Waals surface area contributed by atoms with E-state index in [9.17, 15) is 14.7 Å². The van der Waals surface area contributed by atoms with Gasteiger partial charge >= 0.3 is 29.6 Å². The Morgan fingerprint density at radius 1 is 0.814 bits per heavy atom. The summed E-state index contributed by atoms with van der Waals surface area (Å²) < 4.78 is 1.93. The number of unbranched alkanes of at least 4 members (excludes halogenated alkanes) is 5. The topological polar surface area (TPSA) is 74.2 Å². The molecule has 0 radical (unpaired) electrons. The normalized spacial score (nSPS) is 11.2. The van der Waals surface area contributed by atoms with Crippen LogP contribution in [0.3, 0.4) is 0 Å². The fraction of sp³-hybridized carbons (Fsp3) is 0.514. The van der Waals surface area contributed by atoms with Crippen molar-refractivity contribution in [2.75, 3.05) is 6.54 Å². The summed E-state index contributed by atoms with van der Waals surface area (Å²) in [5, 5.41) is 14.3. The van der Waals surface area contributed by atoms with Crippen LogP contribution in [0.4, 0.5) is 0 Å². The number of carboxylic acid groups (broad SMARTS) is 1. The molecule has 3 aromatic rings. The predicted octanol–water partition coefficient (Wildman–Crippen LogP) is 4.25. The number of hydrogen-bond donors (Lipinski definition) is 1. The molecule has 5 nitrogen and oxygen atoms in total. The molecule has 0 aliphatic rings. The van der Waals surface area contributed by atoms with E-state index in [0.29, 0.717) is 30.0 Å². The first-order valence-corrected chi connectivity index (χ1v) is 16.0. The van der Waals surface area contributed by atoms with E-state index in [1.807, 2.05) is 35.2 Å². The van der Waals surface area contributed by atoms with Crippen LogP contribution in [-0.4, -0.2) is 22.9 Å². The third-order valence-corrected chi connectivity index (χ3v) is 7.83. The zero-order valence-corrected chi connectivity index (χ0v) is 29.3. The number of carbonyl (C=O) groups is 2. The van der Waals surface area contributed by atoms with Gasteiger partial charge in [-0.2, -0.15) is 0 Å². The fourth-order valence-electron chi connectivity index (χ4n) is 5.52. The van der Waals surface area contributed by atoms with Crippen molar-refractivity contribution in [1.82, 2.24) is 9.88 Å². The number of aryl methyl sites for hydroxylation is 2. The van der Waals surface area contributed by atoms with Crippen LogP contribution >= 0.6 is 0 Å². The van der Waals surface area contributed by atoms with E-state index in [1.54, 1.807) is 0 Å². The van der Waals surface area contributed by atoms with Gasteiger partial charge in [0.1, 0.15) is 0 Å². The second-order valence-electron chi connectivity index (χ2n) is 12.5. The molecule has 1 heterocycles. The first-order valence-electron chi connectivity index (χ1n) is 16.0. The summed E-state index contributed by atoms with van der Waals surface area (Å²) in [4.78, 5) is 24.2. The minimum atomic E-state index is -1.04. The molecule has 0 aliphatic heterocycles. The zero-order valence-electron chi connectivity index (χ0n) is 27.3. The minimum absolute atomic E-state index is 0. The first-order chi connectivity index (χ1) is 20.2. The molecule has 0 saturated heterocycles. The van der Waals surface area contributed by atoms with Gasteiger partial charge in [-0.3, -0.25) is 4.79 Å². The van der Waals surface area contributed by atoms with E-state index in [4.69, 9.17) is 0 Å². The molecule has 0 bridgehead atoms. The van der Waals surface area contributed by atoms with E-state index in [-0.39, 0.29) is 47.7 Å². The molecule has 1 N–H and O–H groups in total. The number of nitrogens with one attached hydrogen (secondary N) is 1. The van der Waals surface area contributed by atoms with E-state index in [1.165, 1.54) is 56.1 Å². The molecule has 0 fully saturated rings. The SMILES string of the molecule is CC(C)Cc1ccc(CCCCCCCCNCc2cccc(C(=O)c3cn(CCCC(=O)[O-])cc3C(C)C)c2)cc1.[Na+]. The number of ketones is 1. The van der Waals surface area contributed by atoms with Crippen molar-refractivity contribution < 1.29 is 44.3 Å². The third-order valence-electron chi connectivity index (χ3n) is 7.83. The Labute approximate surface area is 282 Å². The fourth-order valence-corrected chi connectivity index (χ4v) is 5.52. The van der Waals surface area contributed by atoms with Gasteiger partial charge in [-0.25, -0.2) is 0 Å². The summed E-state index contributed by atoms with van der Waals surface area (Å²) >= 11 is 0. The van der Waals surface area contributed by atoms with Gasteiger partial charge in [0.25, 0.3) is 0 Å². The molecule has 0 unspecified atom stereocenters. The van der Waals surface area contributed by atoms with E-state index in [0.717, 1.165) is 30.6 Å². The number of aliphatic carboxylic acids is 1. The maximum Gasteiger partial charge on any atom is 1.00 e. The smallest absolute Gasteiger partial charge is 0.550 e. The summed E-state index contributed by atoms with van der Waals surface area (Å²) in [5.41, 5.74) is 6.39. The Morgan fingerprint density at radius 3 is 2.16 bits per heavy atom. The van der Waals surface area contributed by atoms with Crippen molar-refractivity contribution in [2.24, 2.45) is 5.92 Å². The van der Waals surface area contributed by atoms with Gasteiger partial charge in [0.15, 0.2) is 5.78 Å². The summed E-state index contributed by atoms with van der Waals surface area (Å²) in [5.74, 6) is -0.122. The standard InChI is InChI=1S/C37H52N2O3.Na/c1-28(2)23-31-19-17-30(18-20-31)13-9-7-5-6-8-10-21-38-25-32-14-11-15-33(24-32)37(42)35-27-39(22-12-16-36(40)41)26-34(35)29(3)4;/h11,14-15,17-20,24,26-29,38H,5-10,12-13,16,21-23,25H2,1-4H3,(H,40,41);/q;+1/p-1. The van der Waals surface area contributed by atoms with Crippen molar-refractivity contribution in [3.63, 3.8) is 0 Å². The maximum absolute atomic E-state index is 13.4. The van der Waals surface area contributed by atoms with Crippen molar-refractivity contribution in [2.45, 2.75) is 111 Å². The van der Waals surface area contributed by atoms with Crippen molar-refractivity contribution >= 4 is 11.8 Å². The van der Waals surface area contributed by atoms with Gasteiger partial charge in [0.05, 0.1) is 0 Å². The Morgan fingerprint density at radius 2 is 1.49 bits per heavy atom. The van der Waals surface area contributed by atoms with Gasteiger partial charge in [-0.1, -0.05) is 95.8 Å². The second kappa shape index (κ2) is 20.0. The molecule has 0 saturated carbocycles. The first kappa shape index (κ1) is 37.0. The Balaban J connectivity index is 0.00000645. The molecule has 6 heteroatoms. The van der Waals surface area contributed by atoms with Crippen LogP contribution in [-0.2, 0) is 30.7 Å². The minimum Gasteiger partial charge on any atom is -0.550 e. The van der Waals surface area contributed by atoms with Crippen LogP contribution < -0.4 is 40.0 Å². The number of hydrogen-bond acceptors (Lipinski definition) is 4. The van der Waals surface area contributed by atoms with E-state index >= 15 is 0 Å². The van der Waals surface area contributed by atoms with Crippen LogP contribution in [0.25, 0.3) is 0 Å². The number of carboxylic acids is 1. The summed E-state index contributed by atoms with van der Waals surface area (Å²) in [7, 11) is 0. The van der Waals surface area contributed by atoms with Crippen LogP contribution in [0.15, 0.2) is 60.9 Å². The van der Waals surface area contributed by atoms with Gasteiger partial charge in [0.2, 0.25) is 0 Å². The maximum atomic E-state index is 13.4. The second-order valence-corrected chi connectivity index (χ2v) is 12.5. The van der Waals surface area contributed by atoms with Crippen LogP contribution in [0.5, 0.6) is 0 Å². The zero-order chi connectivity index (χ0) is 30.3. The number of benzene rings is 2. The van der Waals surface area contributed by atoms with Gasteiger partial charge < -0.3 is 19.8 Å². The number of rotatable bonds is 20. The van der Waals surface area contributed by atoms with Crippen molar-refractivity contribution in [3.05, 3.63) is 94.3 Å². The molecule has 228 valence electrons. The predicted molar refractivity (Wildman–Crippen MR) is 171 cm³/mol. The largest absolute Gasteiger partial charge is 1.00 e. The van der Waals surface area contributed by atoms with E-state index in [2.05, 4.69) is 63.3 Å². The van der Waals surface area contributed by atoms with Crippen LogP contribution in [0.2, 0.25) is 0 Å². The average Bonchev–Trinajstić information content (AvgIpc) is 3.39. The molecule has 0 spiro atoms. The van der Waals surface area contributed by atoms with Crippen LogP contribution in [0.1, 0.15) is 123 Å². The molecule has 43 heavy (non-hydrogen) atoms. The average molecular weight is 595 g/mol. The Kier molecular flexibility index (Phi) is 17.2. The van der Waals surface area contributed by atoms with Gasteiger partial charge in [-0.15, -0.1) is 0 Å². The van der Waals surface area contributed by atoms with Crippen LogP contribution in [0, 0.1) is 5.92 Å². The molecular weight excluding hydrogens is 543 g/mol. The molecule has 2 aromatic carbocycles. The Bertz CT molecular complexity index is 1250.